The molecule has 1 saturated heterocycles. The van der Waals surface area contributed by atoms with E-state index in [1.807, 2.05) is 54.3 Å². The molecule has 0 atom stereocenters. The first-order valence-corrected chi connectivity index (χ1v) is 9.24. The molecule has 140 valence electrons. The van der Waals surface area contributed by atoms with E-state index in [-0.39, 0.29) is 5.91 Å². The Morgan fingerprint density at radius 2 is 1.89 bits per heavy atom. The highest BCUT2D eigenvalue weighted by Gasteiger charge is 2.25. The molecule has 0 aliphatic carbocycles. The monoisotopic (exact) mass is 365 g/mol. The van der Waals surface area contributed by atoms with E-state index in [1.165, 1.54) is 4.80 Å². The topological polar surface area (TPSA) is 67.4 Å². The normalized spacial score (nSPS) is 15.7. The standard InChI is InChI=1S/C20H23N5O2/c1-16-19(22-25(21-16)17-7-3-2-4-8-17)20(26)24-11-6-10-23(12-13-24)15-18-9-5-14-27-18/h2-5,7-9,14H,6,10-13,15H2,1H3. The van der Waals surface area contributed by atoms with E-state index < -0.39 is 0 Å². The largest absolute Gasteiger partial charge is 0.468 e. The number of carbonyl (C=O) groups excluding carboxylic acids is 1. The quantitative estimate of drug-likeness (QED) is 0.711. The van der Waals surface area contributed by atoms with E-state index in [0.717, 1.165) is 44.0 Å². The summed E-state index contributed by atoms with van der Waals surface area (Å²) in [6, 6.07) is 13.5. The van der Waals surface area contributed by atoms with Crippen molar-refractivity contribution in [2.75, 3.05) is 26.2 Å². The molecule has 27 heavy (non-hydrogen) atoms. The zero-order valence-corrected chi connectivity index (χ0v) is 15.4. The van der Waals surface area contributed by atoms with Gasteiger partial charge in [-0.3, -0.25) is 9.69 Å². The lowest BCUT2D eigenvalue weighted by Crippen LogP contribution is -2.35. The molecular weight excluding hydrogens is 342 g/mol. The number of carbonyl (C=O) groups is 1. The molecule has 0 spiro atoms. The predicted octanol–water partition coefficient (Wildman–Crippen LogP) is 2.52. The summed E-state index contributed by atoms with van der Waals surface area (Å²) in [5, 5.41) is 8.87. The van der Waals surface area contributed by atoms with Crippen molar-refractivity contribution in [1.82, 2.24) is 24.8 Å². The van der Waals surface area contributed by atoms with Crippen molar-refractivity contribution in [3.63, 3.8) is 0 Å². The summed E-state index contributed by atoms with van der Waals surface area (Å²) in [7, 11) is 0. The first-order valence-electron chi connectivity index (χ1n) is 9.24. The van der Waals surface area contributed by atoms with Crippen molar-refractivity contribution in [2.24, 2.45) is 0 Å². The Labute approximate surface area is 158 Å². The highest BCUT2D eigenvalue weighted by atomic mass is 16.3. The molecule has 0 saturated carbocycles. The summed E-state index contributed by atoms with van der Waals surface area (Å²) in [5.74, 6) is 0.908. The Morgan fingerprint density at radius 3 is 2.67 bits per heavy atom. The average molecular weight is 365 g/mol. The van der Waals surface area contributed by atoms with Gasteiger partial charge in [-0.05, 0) is 37.6 Å². The van der Waals surface area contributed by atoms with Crippen LogP contribution in [0.3, 0.4) is 0 Å². The number of nitrogens with zero attached hydrogens (tertiary/aromatic N) is 5. The van der Waals surface area contributed by atoms with Crippen LogP contribution in [0.25, 0.3) is 5.69 Å². The summed E-state index contributed by atoms with van der Waals surface area (Å²) in [4.78, 5) is 18.7. The van der Waals surface area contributed by atoms with Gasteiger partial charge in [-0.2, -0.15) is 9.90 Å². The second-order valence-corrected chi connectivity index (χ2v) is 6.76. The first-order chi connectivity index (χ1) is 13.2. The molecule has 1 aromatic carbocycles. The molecule has 0 unspecified atom stereocenters. The van der Waals surface area contributed by atoms with Crippen LogP contribution in [0.4, 0.5) is 0 Å². The van der Waals surface area contributed by atoms with Crippen molar-refractivity contribution in [3.8, 4) is 5.69 Å². The number of aromatic nitrogens is 3. The molecule has 2 aromatic heterocycles. The van der Waals surface area contributed by atoms with Crippen molar-refractivity contribution in [3.05, 3.63) is 65.9 Å². The summed E-state index contributed by atoms with van der Waals surface area (Å²) in [6.45, 7) is 5.78. The Kier molecular flexibility index (Phi) is 5.02. The van der Waals surface area contributed by atoms with Crippen LogP contribution in [-0.2, 0) is 6.54 Å². The van der Waals surface area contributed by atoms with E-state index in [9.17, 15) is 4.79 Å². The van der Waals surface area contributed by atoms with E-state index in [4.69, 9.17) is 4.42 Å². The van der Waals surface area contributed by atoms with Gasteiger partial charge in [-0.25, -0.2) is 0 Å². The van der Waals surface area contributed by atoms with Crippen LogP contribution < -0.4 is 0 Å². The summed E-state index contributed by atoms with van der Waals surface area (Å²) in [5.41, 5.74) is 1.93. The molecule has 4 rings (SSSR count). The van der Waals surface area contributed by atoms with Gasteiger partial charge in [0.25, 0.3) is 5.91 Å². The summed E-state index contributed by atoms with van der Waals surface area (Å²) < 4.78 is 5.44. The Balaban J connectivity index is 1.44. The molecule has 0 radical (unpaired) electrons. The molecule has 0 N–H and O–H groups in total. The highest BCUT2D eigenvalue weighted by molar-refractivity contribution is 5.93. The van der Waals surface area contributed by atoms with Crippen LogP contribution in [0, 0.1) is 6.92 Å². The first kappa shape index (κ1) is 17.5. The fourth-order valence-electron chi connectivity index (χ4n) is 3.36. The Morgan fingerprint density at radius 1 is 1.04 bits per heavy atom. The maximum Gasteiger partial charge on any atom is 0.276 e. The van der Waals surface area contributed by atoms with Crippen LogP contribution in [0.1, 0.15) is 28.4 Å². The fourth-order valence-corrected chi connectivity index (χ4v) is 3.36. The van der Waals surface area contributed by atoms with E-state index in [2.05, 4.69) is 15.1 Å². The SMILES string of the molecule is Cc1nn(-c2ccccc2)nc1C(=O)N1CCCN(Cc2ccco2)CC1. The third-order valence-electron chi connectivity index (χ3n) is 4.81. The lowest BCUT2D eigenvalue weighted by Gasteiger charge is -2.20. The van der Waals surface area contributed by atoms with Gasteiger partial charge >= 0.3 is 0 Å². The van der Waals surface area contributed by atoms with Gasteiger partial charge in [0.15, 0.2) is 5.69 Å². The number of hydrogen-bond donors (Lipinski definition) is 0. The molecule has 1 aliphatic heterocycles. The van der Waals surface area contributed by atoms with Gasteiger partial charge in [-0.15, -0.1) is 5.10 Å². The maximum atomic E-state index is 13.0. The van der Waals surface area contributed by atoms with Crippen LogP contribution in [-0.4, -0.2) is 56.9 Å². The van der Waals surface area contributed by atoms with E-state index >= 15 is 0 Å². The van der Waals surface area contributed by atoms with E-state index in [0.29, 0.717) is 17.9 Å². The number of benzene rings is 1. The molecule has 7 nitrogen and oxygen atoms in total. The number of amides is 1. The minimum Gasteiger partial charge on any atom is -0.468 e. The van der Waals surface area contributed by atoms with Crippen LogP contribution in [0.5, 0.6) is 0 Å². The third-order valence-corrected chi connectivity index (χ3v) is 4.81. The van der Waals surface area contributed by atoms with Gasteiger partial charge in [-0.1, -0.05) is 18.2 Å². The number of aryl methyl sites for hydroxylation is 1. The minimum absolute atomic E-state index is 0.0467. The second-order valence-electron chi connectivity index (χ2n) is 6.76. The van der Waals surface area contributed by atoms with Gasteiger partial charge < -0.3 is 9.32 Å². The maximum absolute atomic E-state index is 13.0. The Hall–Kier alpha value is -2.93. The lowest BCUT2D eigenvalue weighted by molar-refractivity contribution is 0.0753. The van der Waals surface area contributed by atoms with Crippen molar-refractivity contribution >= 4 is 5.91 Å². The fraction of sp³-hybridized carbons (Fsp3) is 0.350. The second kappa shape index (κ2) is 7.75. The smallest absolute Gasteiger partial charge is 0.276 e. The molecule has 0 bridgehead atoms. The molecular formula is C20H23N5O2. The zero-order chi connectivity index (χ0) is 18.6. The van der Waals surface area contributed by atoms with Gasteiger partial charge in [0.1, 0.15) is 5.76 Å². The van der Waals surface area contributed by atoms with Crippen LogP contribution in [0.2, 0.25) is 0 Å². The van der Waals surface area contributed by atoms with Gasteiger partial charge in [0.05, 0.1) is 24.2 Å². The molecule has 1 fully saturated rings. The Bertz CT molecular complexity index is 889. The number of para-hydroxylation sites is 1. The minimum atomic E-state index is -0.0467. The van der Waals surface area contributed by atoms with Crippen molar-refractivity contribution in [1.29, 1.82) is 0 Å². The molecule has 3 aromatic rings. The number of rotatable bonds is 4. The molecule has 1 aliphatic rings. The summed E-state index contributed by atoms with van der Waals surface area (Å²) in [6.07, 6.45) is 2.63. The third kappa shape index (κ3) is 3.93. The molecule has 7 heteroatoms. The summed E-state index contributed by atoms with van der Waals surface area (Å²) >= 11 is 0. The number of hydrogen-bond acceptors (Lipinski definition) is 5. The van der Waals surface area contributed by atoms with Gasteiger partial charge in [0, 0.05) is 26.2 Å². The van der Waals surface area contributed by atoms with E-state index in [1.54, 1.807) is 6.26 Å². The lowest BCUT2D eigenvalue weighted by atomic mass is 10.3. The molecule has 1 amide bonds. The number of furan rings is 1. The van der Waals surface area contributed by atoms with Crippen molar-refractivity contribution in [2.45, 2.75) is 19.9 Å². The average Bonchev–Trinajstić information content (AvgIpc) is 3.27. The van der Waals surface area contributed by atoms with Gasteiger partial charge in [0.2, 0.25) is 0 Å². The predicted molar refractivity (Wildman–Crippen MR) is 101 cm³/mol. The zero-order valence-electron chi connectivity index (χ0n) is 15.4. The van der Waals surface area contributed by atoms with Crippen molar-refractivity contribution < 1.29 is 9.21 Å². The van der Waals surface area contributed by atoms with Crippen LogP contribution in [0.15, 0.2) is 53.1 Å². The molecule has 3 heterocycles. The highest BCUT2D eigenvalue weighted by Crippen LogP contribution is 2.14. The van der Waals surface area contributed by atoms with Crippen LogP contribution >= 0.6 is 0 Å².